The molecule has 90 valence electrons. The first-order valence-electron chi connectivity index (χ1n) is 5.59. The van der Waals surface area contributed by atoms with Crippen LogP contribution in [0.5, 0.6) is 5.75 Å². The predicted molar refractivity (Wildman–Crippen MR) is 70.2 cm³/mol. The minimum Gasteiger partial charge on any atom is -0.508 e. The predicted octanol–water partition coefficient (Wildman–Crippen LogP) is 3.01. The fourth-order valence-electron chi connectivity index (χ4n) is 1.70. The monoisotopic (exact) mass is 248 g/mol. The second-order valence-corrected chi connectivity index (χ2v) is 5.33. The Balaban J connectivity index is 1.98. The Morgan fingerprint density at radius 1 is 1.41 bits per heavy atom. The Morgan fingerprint density at radius 2 is 2.18 bits per heavy atom. The number of nitrogens with zero attached hydrogens (tertiary/aromatic N) is 1. The number of hydrogen-bond acceptors (Lipinski definition) is 4. The third-order valence-corrected chi connectivity index (χ3v) is 3.57. The summed E-state index contributed by atoms with van der Waals surface area (Å²) in [6.45, 7) is 4.82. The fraction of sp³-hybridized carbons (Fsp3) is 0.308. The highest BCUT2D eigenvalue weighted by atomic mass is 32.1. The quantitative estimate of drug-likeness (QED) is 0.874. The zero-order valence-corrected chi connectivity index (χ0v) is 10.8. The standard InChI is InChI=1S/C13H16N2OS/c1-9(12-5-3-4-6-13(12)16)14-7-11-8-15-10(2)17-11/h3-6,8-9,14,16H,7H2,1-2H3. The first-order valence-corrected chi connectivity index (χ1v) is 6.41. The van der Waals surface area contributed by atoms with Crippen LogP contribution < -0.4 is 5.32 Å². The summed E-state index contributed by atoms with van der Waals surface area (Å²) in [7, 11) is 0. The number of para-hydroxylation sites is 1. The number of aryl methyl sites for hydroxylation is 1. The summed E-state index contributed by atoms with van der Waals surface area (Å²) in [5.74, 6) is 0.341. The molecule has 4 heteroatoms. The molecule has 0 bridgehead atoms. The summed E-state index contributed by atoms with van der Waals surface area (Å²) in [6, 6.07) is 7.54. The van der Waals surface area contributed by atoms with Crippen LogP contribution in [-0.4, -0.2) is 10.1 Å². The summed E-state index contributed by atoms with van der Waals surface area (Å²) in [5, 5.41) is 14.2. The Morgan fingerprint density at radius 3 is 2.82 bits per heavy atom. The van der Waals surface area contributed by atoms with Gasteiger partial charge in [0.05, 0.1) is 5.01 Å². The molecule has 0 fully saturated rings. The second kappa shape index (κ2) is 5.29. The van der Waals surface area contributed by atoms with Crippen LogP contribution in [-0.2, 0) is 6.54 Å². The van der Waals surface area contributed by atoms with Gasteiger partial charge in [-0.05, 0) is 19.9 Å². The fourth-order valence-corrected chi connectivity index (χ4v) is 2.45. The van der Waals surface area contributed by atoms with E-state index >= 15 is 0 Å². The van der Waals surface area contributed by atoms with Gasteiger partial charge in [-0.2, -0.15) is 0 Å². The van der Waals surface area contributed by atoms with Gasteiger partial charge in [0.1, 0.15) is 5.75 Å². The van der Waals surface area contributed by atoms with Crippen LogP contribution >= 0.6 is 11.3 Å². The van der Waals surface area contributed by atoms with Crippen LogP contribution in [0.15, 0.2) is 30.5 Å². The molecular formula is C13H16N2OS. The number of phenolic OH excluding ortho intramolecular Hbond substituents is 1. The highest BCUT2D eigenvalue weighted by Crippen LogP contribution is 2.23. The van der Waals surface area contributed by atoms with E-state index in [0.717, 1.165) is 17.1 Å². The number of rotatable bonds is 4. The molecule has 2 rings (SSSR count). The van der Waals surface area contributed by atoms with E-state index in [9.17, 15) is 5.11 Å². The number of nitrogens with one attached hydrogen (secondary N) is 1. The Bertz CT molecular complexity index is 496. The van der Waals surface area contributed by atoms with Gasteiger partial charge in [-0.25, -0.2) is 4.98 Å². The van der Waals surface area contributed by atoms with Gasteiger partial charge in [-0.15, -0.1) is 11.3 Å². The average Bonchev–Trinajstić information content (AvgIpc) is 2.73. The second-order valence-electron chi connectivity index (χ2n) is 4.01. The van der Waals surface area contributed by atoms with Gasteiger partial charge in [0, 0.05) is 29.2 Å². The number of thiazole rings is 1. The highest BCUT2D eigenvalue weighted by Gasteiger charge is 2.09. The van der Waals surface area contributed by atoms with Gasteiger partial charge < -0.3 is 10.4 Å². The summed E-state index contributed by atoms with van der Waals surface area (Å²) in [5.41, 5.74) is 0.925. The first-order chi connectivity index (χ1) is 8.16. The molecule has 3 nitrogen and oxygen atoms in total. The first kappa shape index (κ1) is 12.1. The van der Waals surface area contributed by atoms with Gasteiger partial charge in [-0.1, -0.05) is 18.2 Å². The summed E-state index contributed by atoms with van der Waals surface area (Å²) in [6.07, 6.45) is 1.89. The van der Waals surface area contributed by atoms with Crippen LogP contribution in [0.3, 0.4) is 0 Å². The zero-order valence-electron chi connectivity index (χ0n) is 9.97. The molecule has 0 aliphatic heterocycles. The van der Waals surface area contributed by atoms with Crippen LogP contribution in [0.1, 0.15) is 28.4 Å². The van der Waals surface area contributed by atoms with E-state index in [-0.39, 0.29) is 6.04 Å². The molecule has 0 aliphatic rings. The molecular weight excluding hydrogens is 232 g/mol. The SMILES string of the molecule is Cc1ncc(CNC(C)c2ccccc2O)s1. The van der Waals surface area contributed by atoms with Crippen molar-refractivity contribution in [3.8, 4) is 5.75 Å². The van der Waals surface area contributed by atoms with Gasteiger partial charge in [-0.3, -0.25) is 0 Å². The molecule has 0 aliphatic carbocycles. The van der Waals surface area contributed by atoms with E-state index in [0.29, 0.717) is 5.75 Å². The van der Waals surface area contributed by atoms with Crippen molar-refractivity contribution in [1.29, 1.82) is 0 Å². The zero-order chi connectivity index (χ0) is 12.3. The van der Waals surface area contributed by atoms with E-state index in [2.05, 4.69) is 10.3 Å². The molecule has 1 aromatic heterocycles. The molecule has 1 atom stereocenters. The maximum absolute atomic E-state index is 9.73. The smallest absolute Gasteiger partial charge is 0.120 e. The maximum atomic E-state index is 9.73. The number of aromatic nitrogens is 1. The largest absolute Gasteiger partial charge is 0.508 e. The van der Waals surface area contributed by atoms with Crippen molar-refractivity contribution in [1.82, 2.24) is 10.3 Å². The van der Waals surface area contributed by atoms with Crippen LogP contribution in [0, 0.1) is 6.92 Å². The minimum atomic E-state index is 0.124. The van der Waals surface area contributed by atoms with Crippen molar-refractivity contribution < 1.29 is 5.11 Å². The summed E-state index contributed by atoms with van der Waals surface area (Å²) >= 11 is 1.69. The number of benzene rings is 1. The Hall–Kier alpha value is -1.39. The normalized spacial score (nSPS) is 12.6. The van der Waals surface area contributed by atoms with E-state index in [1.807, 2.05) is 38.2 Å². The van der Waals surface area contributed by atoms with Crippen molar-refractivity contribution in [3.05, 3.63) is 45.9 Å². The number of hydrogen-bond donors (Lipinski definition) is 2. The van der Waals surface area contributed by atoms with Crippen molar-refractivity contribution >= 4 is 11.3 Å². The summed E-state index contributed by atoms with van der Waals surface area (Å²) in [4.78, 5) is 5.43. The lowest BCUT2D eigenvalue weighted by Gasteiger charge is -2.14. The molecule has 2 aromatic rings. The topological polar surface area (TPSA) is 45.2 Å². The van der Waals surface area contributed by atoms with Crippen LogP contribution in [0.4, 0.5) is 0 Å². The van der Waals surface area contributed by atoms with Crippen molar-refractivity contribution in [2.75, 3.05) is 0 Å². The lowest BCUT2D eigenvalue weighted by molar-refractivity contribution is 0.452. The van der Waals surface area contributed by atoms with E-state index in [4.69, 9.17) is 0 Å². The van der Waals surface area contributed by atoms with Crippen LogP contribution in [0.25, 0.3) is 0 Å². The molecule has 1 heterocycles. The molecule has 1 aromatic carbocycles. The molecule has 0 radical (unpaired) electrons. The Kier molecular flexibility index (Phi) is 3.76. The van der Waals surface area contributed by atoms with Crippen LogP contribution in [0.2, 0.25) is 0 Å². The summed E-state index contributed by atoms with van der Waals surface area (Å²) < 4.78 is 0. The van der Waals surface area contributed by atoms with E-state index in [1.165, 1.54) is 4.88 Å². The number of aromatic hydroxyl groups is 1. The average molecular weight is 248 g/mol. The molecule has 0 saturated heterocycles. The Labute approximate surface area is 105 Å². The van der Waals surface area contributed by atoms with E-state index in [1.54, 1.807) is 17.4 Å². The molecule has 0 saturated carbocycles. The lowest BCUT2D eigenvalue weighted by Crippen LogP contribution is -2.17. The molecule has 0 spiro atoms. The lowest BCUT2D eigenvalue weighted by atomic mass is 10.1. The van der Waals surface area contributed by atoms with Gasteiger partial charge >= 0.3 is 0 Å². The van der Waals surface area contributed by atoms with E-state index < -0.39 is 0 Å². The molecule has 0 amide bonds. The minimum absolute atomic E-state index is 0.124. The third kappa shape index (κ3) is 3.05. The molecule has 1 unspecified atom stereocenters. The third-order valence-electron chi connectivity index (χ3n) is 2.65. The van der Waals surface area contributed by atoms with Gasteiger partial charge in [0.25, 0.3) is 0 Å². The number of phenols is 1. The van der Waals surface area contributed by atoms with Crippen molar-refractivity contribution in [3.63, 3.8) is 0 Å². The van der Waals surface area contributed by atoms with Crippen molar-refractivity contribution in [2.24, 2.45) is 0 Å². The van der Waals surface area contributed by atoms with Gasteiger partial charge in [0.2, 0.25) is 0 Å². The molecule has 17 heavy (non-hydrogen) atoms. The highest BCUT2D eigenvalue weighted by molar-refractivity contribution is 7.11. The molecule has 2 N–H and O–H groups in total. The maximum Gasteiger partial charge on any atom is 0.120 e. The van der Waals surface area contributed by atoms with Gasteiger partial charge in [0.15, 0.2) is 0 Å². The van der Waals surface area contributed by atoms with Crippen molar-refractivity contribution in [2.45, 2.75) is 26.4 Å².